The molecule has 0 radical (unpaired) electrons. The number of nitrogen functional groups attached to an aromatic ring is 1. The van der Waals surface area contributed by atoms with Crippen LogP contribution in [0.5, 0.6) is 0 Å². The maximum absolute atomic E-state index is 13.1. The summed E-state index contributed by atoms with van der Waals surface area (Å²) in [4.78, 5) is 38.6. The maximum atomic E-state index is 13.1. The zero-order valence-electron chi connectivity index (χ0n) is 23.4. The summed E-state index contributed by atoms with van der Waals surface area (Å²) in [6, 6.07) is 8.19. The Kier molecular flexibility index (Phi) is 7.07. The number of halogens is 3. The first kappa shape index (κ1) is 28.6. The van der Waals surface area contributed by atoms with E-state index < -0.39 is 17.6 Å². The third-order valence-electron chi connectivity index (χ3n) is 8.59. The van der Waals surface area contributed by atoms with Crippen LogP contribution in [0.4, 0.5) is 24.8 Å². The number of alkyl halides is 3. The van der Waals surface area contributed by atoms with Crippen LogP contribution in [0.3, 0.4) is 0 Å². The molecule has 0 spiro atoms. The van der Waals surface area contributed by atoms with Crippen LogP contribution in [-0.4, -0.2) is 50.4 Å². The summed E-state index contributed by atoms with van der Waals surface area (Å²) in [5.41, 5.74) is 7.10. The van der Waals surface area contributed by atoms with Crippen LogP contribution in [0.1, 0.15) is 60.3 Å². The van der Waals surface area contributed by atoms with Crippen molar-refractivity contribution >= 4 is 29.0 Å². The summed E-state index contributed by atoms with van der Waals surface area (Å²) in [5.74, 6) is 0.338. The third-order valence-corrected chi connectivity index (χ3v) is 8.59. The second-order valence-electron chi connectivity index (χ2n) is 11.3. The fourth-order valence-corrected chi connectivity index (χ4v) is 6.52. The molecule has 0 unspecified atom stereocenters. The average molecular weight is 594 g/mol. The summed E-state index contributed by atoms with van der Waals surface area (Å²) in [7, 11) is 1.57. The fourth-order valence-electron chi connectivity index (χ4n) is 6.52. The van der Waals surface area contributed by atoms with Crippen molar-refractivity contribution < 1.29 is 27.5 Å². The SMILES string of the molecule is COCCC(=O)NC12CCC(c3nc(-c4ccc(C(=O)Nc5cc(C(F)(F)F)ccn5)cc4)c4c(N)nccn34)(CC1)C2. The minimum Gasteiger partial charge on any atom is -0.384 e. The molecule has 4 N–H and O–H groups in total. The number of hydrogen-bond donors (Lipinski definition) is 3. The summed E-state index contributed by atoms with van der Waals surface area (Å²) < 4.78 is 46.2. The molecule has 1 aromatic carbocycles. The molecule has 0 saturated heterocycles. The number of aromatic nitrogens is 4. The Labute approximate surface area is 244 Å². The number of anilines is 2. The Morgan fingerprint density at radius 3 is 2.51 bits per heavy atom. The number of benzene rings is 1. The number of amides is 2. The molecule has 2 aliphatic rings. The molecular formula is C30H30F3N7O3. The van der Waals surface area contributed by atoms with Crippen LogP contribution >= 0.6 is 0 Å². The Morgan fingerprint density at radius 2 is 1.81 bits per heavy atom. The van der Waals surface area contributed by atoms with E-state index in [1.807, 2.05) is 10.6 Å². The number of fused-ring (bicyclic) bond motifs is 3. The molecule has 2 bridgehead atoms. The van der Waals surface area contributed by atoms with Crippen molar-refractivity contribution in [1.29, 1.82) is 0 Å². The first-order valence-corrected chi connectivity index (χ1v) is 13.9. The number of carbonyl (C=O) groups is 2. The minimum absolute atomic E-state index is 0.0189. The molecule has 0 aliphatic heterocycles. The van der Waals surface area contributed by atoms with Gasteiger partial charge in [-0.2, -0.15) is 13.2 Å². The molecule has 3 aromatic heterocycles. The summed E-state index contributed by atoms with van der Waals surface area (Å²) in [6.45, 7) is 0.371. The monoisotopic (exact) mass is 593 g/mol. The van der Waals surface area contributed by atoms with E-state index in [1.54, 1.807) is 37.6 Å². The Bertz CT molecular complexity index is 1690. The van der Waals surface area contributed by atoms with Crippen LogP contribution in [0.15, 0.2) is 55.0 Å². The zero-order chi connectivity index (χ0) is 30.4. The summed E-state index contributed by atoms with van der Waals surface area (Å²) in [6.07, 6.45) is 4.41. The van der Waals surface area contributed by atoms with Gasteiger partial charge >= 0.3 is 6.18 Å². The standard InChI is InChI=1S/C30H30F3N7O3/c1-43-15-7-22(41)39-29-10-8-28(17-29,9-11-29)27-38-23(24-25(34)36-13-14-40(24)27)18-2-4-19(5-3-18)26(42)37-21-16-20(6-12-35-21)30(31,32)33/h2-6,12-14,16H,7-11,15,17H2,1H3,(H2,34,36)(H,39,41)(H,35,37,42). The third kappa shape index (κ3) is 5.29. The van der Waals surface area contributed by atoms with Crippen molar-refractivity contribution in [1.82, 2.24) is 24.7 Å². The molecule has 43 heavy (non-hydrogen) atoms. The normalized spacial score (nSPS) is 21.3. The lowest BCUT2D eigenvalue weighted by Gasteiger charge is -2.28. The van der Waals surface area contributed by atoms with Crippen LogP contribution in [-0.2, 0) is 21.1 Å². The Morgan fingerprint density at radius 1 is 1.07 bits per heavy atom. The second kappa shape index (κ2) is 10.6. The summed E-state index contributed by atoms with van der Waals surface area (Å²) >= 11 is 0. The van der Waals surface area contributed by atoms with Crippen molar-refractivity contribution in [3.8, 4) is 11.3 Å². The van der Waals surface area contributed by atoms with E-state index in [0.29, 0.717) is 35.6 Å². The molecule has 4 aromatic rings. The number of hydrogen-bond acceptors (Lipinski definition) is 7. The molecule has 224 valence electrons. The van der Waals surface area contributed by atoms with Crippen molar-refractivity contribution in [3.63, 3.8) is 0 Å². The number of nitrogens with zero attached hydrogens (tertiary/aromatic N) is 4. The van der Waals surface area contributed by atoms with Crippen LogP contribution < -0.4 is 16.4 Å². The first-order valence-electron chi connectivity index (χ1n) is 13.9. The van der Waals surface area contributed by atoms with Crippen molar-refractivity contribution in [2.75, 3.05) is 24.8 Å². The molecule has 2 aliphatic carbocycles. The second-order valence-corrected chi connectivity index (χ2v) is 11.3. The highest BCUT2D eigenvalue weighted by molar-refractivity contribution is 6.04. The molecular weight excluding hydrogens is 563 g/mol. The van der Waals surface area contributed by atoms with Crippen LogP contribution in [0.2, 0.25) is 0 Å². The van der Waals surface area contributed by atoms with Crippen molar-refractivity contribution in [3.05, 3.63) is 71.9 Å². The lowest BCUT2D eigenvalue weighted by atomic mass is 9.83. The number of rotatable bonds is 8. The molecule has 10 nitrogen and oxygen atoms in total. The molecule has 6 rings (SSSR count). The quantitative estimate of drug-likeness (QED) is 0.268. The molecule has 13 heteroatoms. The number of ether oxygens (including phenoxy) is 1. The van der Waals surface area contributed by atoms with Gasteiger partial charge in [0.15, 0.2) is 0 Å². The lowest BCUT2D eigenvalue weighted by Crippen LogP contribution is -2.45. The van der Waals surface area contributed by atoms with Gasteiger partial charge in [0.05, 0.1) is 12.2 Å². The number of methoxy groups -OCH3 is 1. The number of imidazole rings is 1. The van der Waals surface area contributed by atoms with Gasteiger partial charge in [0.1, 0.15) is 28.7 Å². The van der Waals surface area contributed by atoms with Gasteiger partial charge in [0.2, 0.25) is 5.91 Å². The minimum atomic E-state index is -4.55. The van der Waals surface area contributed by atoms with Crippen LogP contribution in [0.25, 0.3) is 16.8 Å². The van der Waals surface area contributed by atoms with E-state index >= 15 is 0 Å². The van der Waals surface area contributed by atoms with Crippen molar-refractivity contribution in [2.45, 2.75) is 55.7 Å². The molecule has 2 fully saturated rings. The van der Waals surface area contributed by atoms with E-state index in [2.05, 4.69) is 20.6 Å². The van der Waals surface area contributed by atoms with Gasteiger partial charge in [-0.25, -0.2) is 15.0 Å². The number of carbonyl (C=O) groups excluding carboxylic acids is 2. The van der Waals surface area contributed by atoms with E-state index in [-0.39, 0.29) is 28.2 Å². The van der Waals surface area contributed by atoms with E-state index in [1.165, 1.54) is 0 Å². The first-order chi connectivity index (χ1) is 20.5. The smallest absolute Gasteiger partial charge is 0.384 e. The van der Waals surface area contributed by atoms with E-state index in [4.69, 9.17) is 15.5 Å². The van der Waals surface area contributed by atoms with Crippen molar-refractivity contribution in [2.24, 2.45) is 0 Å². The zero-order valence-corrected chi connectivity index (χ0v) is 23.4. The highest BCUT2D eigenvalue weighted by Crippen LogP contribution is 2.57. The van der Waals surface area contributed by atoms with Gasteiger partial charge < -0.3 is 21.1 Å². The van der Waals surface area contributed by atoms with Gasteiger partial charge in [-0.05, 0) is 56.4 Å². The van der Waals surface area contributed by atoms with Gasteiger partial charge in [0.25, 0.3) is 5.91 Å². The fraction of sp³-hybridized carbons (Fsp3) is 0.367. The predicted octanol–water partition coefficient (Wildman–Crippen LogP) is 4.75. The highest BCUT2D eigenvalue weighted by Gasteiger charge is 2.57. The summed E-state index contributed by atoms with van der Waals surface area (Å²) in [5, 5.41) is 5.68. The maximum Gasteiger partial charge on any atom is 0.416 e. The van der Waals surface area contributed by atoms with E-state index in [0.717, 1.165) is 56.3 Å². The van der Waals surface area contributed by atoms with Gasteiger partial charge in [-0.1, -0.05) is 12.1 Å². The van der Waals surface area contributed by atoms with Gasteiger partial charge in [-0.3, -0.25) is 14.0 Å². The Hall–Kier alpha value is -4.52. The van der Waals surface area contributed by atoms with Gasteiger partial charge in [0, 0.05) is 54.2 Å². The van der Waals surface area contributed by atoms with Gasteiger partial charge in [-0.15, -0.1) is 0 Å². The largest absolute Gasteiger partial charge is 0.416 e. The topological polar surface area (TPSA) is 137 Å². The Balaban J connectivity index is 1.27. The molecule has 2 amide bonds. The lowest BCUT2D eigenvalue weighted by molar-refractivity contribution is -0.137. The molecule has 3 heterocycles. The van der Waals surface area contributed by atoms with E-state index in [9.17, 15) is 22.8 Å². The number of nitrogens with two attached hydrogens (primary N) is 1. The molecule has 2 saturated carbocycles. The highest BCUT2D eigenvalue weighted by atomic mass is 19.4. The predicted molar refractivity (Wildman–Crippen MR) is 152 cm³/mol. The number of nitrogens with one attached hydrogen (secondary N) is 2. The molecule has 0 atom stereocenters. The average Bonchev–Trinajstić information content (AvgIpc) is 3.67. The van der Waals surface area contributed by atoms with Crippen LogP contribution in [0, 0.1) is 0 Å². The number of pyridine rings is 1.